The zero-order valence-corrected chi connectivity index (χ0v) is 8.72. The van der Waals surface area contributed by atoms with Crippen LogP contribution in [0.5, 0.6) is 0 Å². The SMILES string of the molecule is [CH2]C(O)(N1CCC1)[Si](C)(C)C. The molecule has 1 heterocycles. The van der Waals surface area contributed by atoms with Gasteiger partial charge in [0.2, 0.25) is 0 Å². The predicted molar refractivity (Wildman–Crippen MR) is 49.8 cm³/mol. The summed E-state index contributed by atoms with van der Waals surface area (Å²) < 4.78 is 0. The fourth-order valence-corrected chi connectivity index (χ4v) is 2.33. The third kappa shape index (κ3) is 1.50. The van der Waals surface area contributed by atoms with Crippen LogP contribution in [-0.4, -0.2) is 36.5 Å². The molecule has 3 heteroatoms. The number of aliphatic hydroxyl groups is 1. The predicted octanol–water partition coefficient (Wildman–Crippen LogP) is 1.09. The molecule has 1 radical (unpaired) electrons. The Hall–Kier alpha value is 0.137. The van der Waals surface area contributed by atoms with Gasteiger partial charge in [-0.3, -0.25) is 4.90 Å². The Labute approximate surface area is 70.2 Å². The van der Waals surface area contributed by atoms with Gasteiger partial charge in [-0.2, -0.15) is 0 Å². The number of nitrogens with zero attached hydrogens (tertiary/aromatic N) is 1. The van der Waals surface area contributed by atoms with Crippen molar-refractivity contribution in [3.05, 3.63) is 6.92 Å². The Kier molecular flexibility index (Phi) is 2.16. The van der Waals surface area contributed by atoms with Gasteiger partial charge in [-0.05, 0) is 13.3 Å². The smallest absolute Gasteiger partial charge is 0.104 e. The fraction of sp³-hybridized carbons (Fsp3) is 0.875. The highest BCUT2D eigenvalue weighted by Gasteiger charge is 2.44. The summed E-state index contributed by atoms with van der Waals surface area (Å²) in [4.78, 5) is 2.08. The molecule has 1 N–H and O–H groups in total. The minimum absolute atomic E-state index is 0.745. The highest BCUT2D eigenvalue weighted by molar-refractivity contribution is 6.79. The van der Waals surface area contributed by atoms with Crippen LogP contribution >= 0.6 is 0 Å². The van der Waals surface area contributed by atoms with Gasteiger partial charge in [-0.1, -0.05) is 19.6 Å². The largest absolute Gasteiger partial charge is 0.379 e. The zero-order valence-electron chi connectivity index (χ0n) is 7.72. The Morgan fingerprint density at radius 3 is 1.91 bits per heavy atom. The lowest BCUT2D eigenvalue weighted by Gasteiger charge is -2.49. The first kappa shape index (κ1) is 9.23. The normalized spacial score (nSPS) is 25.9. The van der Waals surface area contributed by atoms with E-state index >= 15 is 0 Å². The van der Waals surface area contributed by atoms with Gasteiger partial charge < -0.3 is 5.11 Å². The third-order valence-corrected chi connectivity index (χ3v) is 5.30. The molecule has 0 aromatic carbocycles. The molecule has 1 unspecified atom stereocenters. The lowest BCUT2D eigenvalue weighted by molar-refractivity contribution is -0.0471. The van der Waals surface area contributed by atoms with Gasteiger partial charge in [-0.15, -0.1) is 0 Å². The highest BCUT2D eigenvalue weighted by Crippen LogP contribution is 2.27. The fourth-order valence-electron chi connectivity index (χ4n) is 1.16. The molecule has 0 aliphatic carbocycles. The van der Waals surface area contributed by atoms with Crippen LogP contribution in [0.25, 0.3) is 0 Å². The molecule has 1 aliphatic heterocycles. The summed E-state index contributed by atoms with van der Waals surface area (Å²) in [7, 11) is -1.55. The Bertz CT molecular complexity index is 147. The number of likely N-dealkylation sites (tertiary alicyclic amines) is 1. The van der Waals surface area contributed by atoms with E-state index in [9.17, 15) is 5.11 Å². The van der Waals surface area contributed by atoms with Gasteiger partial charge in [0, 0.05) is 13.1 Å². The summed E-state index contributed by atoms with van der Waals surface area (Å²) in [5.74, 6) is 0. The van der Waals surface area contributed by atoms with E-state index in [1.165, 1.54) is 6.42 Å². The van der Waals surface area contributed by atoms with E-state index < -0.39 is 13.4 Å². The maximum absolute atomic E-state index is 10.0. The van der Waals surface area contributed by atoms with Crippen molar-refractivity contribution in [1.29, 1.82) is 0 Å². The van der Waals surface area contributed by atoms with E-state index in [0.717, 1.165) is 13.1 Å². The quantitative estimate of drug-likeness (QED) is 0.630. The molecule has 0 amide bonds. The summed E-state index contributed by atoms with van der Waals surface area (Å²) >= 11 is 0. The van der Waals surface area contributed by atoms with E-state index in [2.05, 4.69) is 31.5 Å². The van der Waals surface area contributed by atoms with E-state index in [4.69, 9.17) is 0 Å². The second kappa shape index (κ2) is 2.57. The Balaban J connectivity index is 2.64. The first-order valence-electron chi connectivity index (χ1n) is 4.18. The first-order chi connectivity index (χ1) is 4.86. The molecule has 0 aromatic rings. The van der Waals surface area contributed by atoms with Crippen molar-refractivity contribution in [3.63, 3.8) is 0 Å². The molecule has 1 aliphatic rings. The van der Waals surface area contributed by atoms with Crippen LogP contribution in [0.4, 0.5) is 0 Å². The average molecular weight is 172 g/mol. The van der Waals surface area contributed by atoms with Crippen LogP contribution in [0.15, 0.2) is 0 Å². The van der Waals surface area contributed by atoms with Gasteiger partial charge in [0.15, 0.2) is 0 Å². The summed E-state index contributed by atoms with van der Waals surface area (Å²) in [6, 6.07) is 0. The standard InChI is InChI=1S/C8H18NOSi/c1-8(10,11(2,3)4)9-6-5-7-9/h10H,1,5-7H2,2-4H3. The lowest BCUT2D eigenvalue weighted by Crippen LogP contribution is -2.65. The van der Waals surface area contributed by atoms with Crippen molar-refractivity contribution in [2.45, 2.75) is 31.4 Å². The van der Waals surface area contributed by atoms with Crippen molar-refractivity contribution in [2.75, 3.05) is 13.1 Å². The molecule has 2 nitrogen and oxygen atoms in total. The van der Waals surface area contributed by atoms with Crippen molar-refractivity contribution >= 4 is 8.07 Å². The summed E-state index contributed by atoms with van der Waals surface area (Å²) in [5, 5.41) is 9.30. The van der Waals surface area contributed by atoms with Crippen LogP contribution in [-0.2, 0) is 0 Å². The maximum Gasteiger partial charge on any atom is 0.104 e. The van der Waals surface area contributed by atoms with Gasteiger partial charge >= 0.3 is 0 Å². The second-order valence-corrected chi connectivity index (χ2v) is 9.71. The van der Waals surface area contributed by atoms with Crippen molar-refractivity contribution in [1.82, 2.24) is 4.90 Å². The number of hydrogen-bond acceptors (Lipinski definition) is 2. The van der Waals surface area contributed by atoms with Crippen molar-refractivity contribution < 1.29 is 5.11 Å². The molecule has 1 fully saturated rings. The summed E-state index contributed by atoms with van der Waals surface area (Å²) in [5.41, 5.74) is 0. The minimum Gasteiger partial charge on any atom is -0.379 e. The van der Waals surface area contributed by atoms with Gasteiger partial charge in [-0.25, -0.2) is 0 Å². The topological polar surface area (TPSA) is 23.5 Å². The van der Waals surface area contributed by atoms with E-state index in [-0.39, 0.29) is 0 Å². The van der Waals surface area contributed by atoms with Crippen LogP contribution in [0, 0.1) is 6.92 Å². The monoisotopic (exact) mass is 172 g/mol. The molecule has 1 atom stereocenters. The van der Waals surface area contributed by atoms with Crippen molar-refractivity contribution in [3.8, 4) is 0 Å². The number of rotatable bonds is 2. The van der Waals surface area contributed by atoms with Crippen LogP contribution in [0.2, 0.25) is 19.6 Å². The molecule has 0 aromatic heterocycles. The highest BCUT2D eigenvalue weighted by atomic mass is 28.3. The van der Waals surface area contributed by atoms with E-state index in [1.54, 1.807) is 0 Å². The molecular formula is C8H18NOSi. The first-order valence-corrected chi connectivity index (χ1v) is 7.68. The molecular weight excluding hydrogens is 154 g/mol. The number of hydrogen-bond donors (Lipinski definition) is 1. The van der Waals surface area contributed by atoms with Crippen LogP contribution < -0.4 is 0 Å². The lowest BCUT2D eigenvalue weighted by atomic mass is 10.2. The second-order valence-electron chi connectivity index (χ2n) is 4.41. The minimum atomic E-state index is -1.55. The van der Waals surface area contributed by atoms with E-state index in [0.29, 0.717) is 0 Å². The summed E-state index contributed by atoms with van der Waals surface area (Å²) in [6.07, 6.45) is 1.21. The Morgan fingerprint density at radius 2 is 1.82 bits per heavy atom. The van der Waals surface area contributed by atoms with Gasteiger partial charge in [0.25, 0.3) is 0 Å². The van der Waals surface area contributed by atoms with Gasteiger partial charge in [0.1, 0.15) is 13.4 Å². The molecule has 1 saturated heterocycles. The van der Waals surface area contributed by atoms with Gasteiger partial charge in [0.05, 0.1) is 0 Å². The average Bonchev–Trinajstić information content (AvgIpc) is 1.53. The molecule has 1 rings (SSSR count). The van der Waals surface area contributed by atoms with Crippen molar-refractivity contribution in [2.24, 2.45) is 0 Å². The molecule has 65 valence electrons. The molecule has 11 heavy (non-hydrogen) atoms. The van der Waals surface area contributed by atoms with Crippen LogP contribution in [0.3, 0.4) is 0 Å². The third-order valence-electron chi connectivity index (χ3n) is 2.58. The van der Waals surface area contributed by atoms with E-state index in [1.807, 2.05) is 0 Å². The maximum atomic E-state index is 10.0. The molecule has 0 saturated carbocycles. The molecule has 0 spiro atoms. The zero-order chi connectivity index (χ0) is 8.70. The molecule has 0 bridgehead atoms. The van der Waals surface area contributed by atoms with Crippen LogP contribution in [0.1, 0.15) is 6.42 Å². The summed E-state index contributed by atoms with van der Waals surface area (Å²) in [6.45, 7) is 12.4. The Morgan fingerprint density at radius 1 is 1.36 bits per heavy atom.